The first-order chi connectivity index (χ1) is 23.4. The van der Waals surface area contributed by atoms with E-state index >= 15 is 0 Å². The lowest BCUT2D eigenvalue weighted by molar-refractivity contribution is 0.0398. The second kappa shape index (κ2) is 15.8. The van der Waals surface area contributed by atoms with Crippen molar-refractivity contribution in [1.29, 1.82) is 0 Å². The molecule has 0 amide bonds. The molecular weight excluding hydrogens is 634 g/mol. The Balaban J connectivity index is 0.000000177. The number of rotatable bonds is 10. The molecule has 2 aliphatic rings. The molecule has 0 radical (unpaired) electrons. The van der Waals surface area contributed by atoms with Crippen LogP contribution in [0.5, 0.6) is 0 Å². The van der Waals surface area contributed by atoms with Crippen LogP contribution >= 0.6 is 11.6 Å². The number of hydrogen-bond donors (Lipinski definition) is 3. The Hall–Kier alpha value is -4.15. The summed E-state index contributed by atoms with van der Waals surface area (Å²) in [5.74, 6) is 1.23. The molecule has 6 heterocycles. The SMILES string of the molecule is CC(C)n1nc(-c2ccc(N)cc2)c2cnc(NCCN3CCOCC3)nc21.Cn1nc(Cl)c2cnc(NCCN3CCOCC3)nc21. The predicted molar refractivity (Wildman–Crippen MR) is 188 cm³/mol. The minimum absolute atomic E-state index is 0.195. The van der Waals surface area contributed by atoms with Crippen molar-refractivity contribution in [1.82, 2.24) is 49.3 Å². The van der Waals surface area contributed by atoms with Crippen LogP contribution in [0.4, 0.5) is 17.6 Å². The largest absolute Gasteiger partial charge is 0.399 e. The zero-order valence-electron chi connectivity index (χ0n) is 27.8. The Morgan fingerprint density at radius 3 is 1.90 bits per heavy atom. The number of morpholine rings is 2. The van der Waals surface area contributed by atoms with Crippen LogP contribution in [0.1, 0.15) is 19.9 Å². The maximum Gasteiger partial charge on any atom is 0.224 e. The summed E-state index contributed by atoms with van der Waals surface area (Å²) in [6.45, 7) is 14.9. The van der Waals surface area contributed by atoms with Gasteiger partial charge in [-0.3, -0.25) is 9.80 Å². The quantitative estimate of drug-likeness (QED) is 0.185. The highest BCUT2D eigenvalue weighted by molar-refractivity contribution is 6.34. The average molecular weight is 678 g/mol. The number of aromatic nitrogens is 8. The summed E-state index contributed by atoms with van der Waals surface area (Å²) >= 11 is 5.99. The molecule has 2 fully saturated rings. The van der Waals surface area contributed by atoms with Gasteiger partial charge in [0.25, 0.3) is 0 Å². The summed E-state index contributed by atoms with van der Waals surface area (Å²) in [6, 6.07) is 7.93. The van der Waals surface area contributed by atoms with Crippen molar-refractivity contribution in [3.8, 4) is 11.3 Å². The molecule has 48 heavy (non-hydrogen) atoms. The van der Waals surface area contributed by atoms with Crippen molar-refractivity contribution < 1.29 is 9.47 Å². The summed E-state index contributed by atoms with van der Waals surface area (Å²) in [7, 11) is 1.82. The molecular formula is C32H44ClN13O2. The fraction of sp³-hybridized carbons (Fsp3) is 0.500. The summed E-state index contributed by atoms with van der Waals surface area (Å²) in [5, 5.41) is 17.6. The number of nitrogen functional groups attached to an aromatic ring is 1. The molecule has 16 heteroatoms. The normalized spacial score (nSPS) is 15.9. The number of hydrogen-bond acceptors (Lipinski definition) is 13. The molecule has 4 aromatic heterocycles. The maximum absolute atomic E-state index is 5.99. The lowest BCUT2D eigenvalue weighted by Gasteiger charge is -2.26. The van der Waals surface area contributed by atoms with Crippen LogP contribution in [-0.2, 0) is 16.5 Å². The van der Waals surface area contributed by atoms with E-state index in [-0.39, 0.29) is 6.04 Å². The Kier molecular flexibility index (Phi) is 11.1. The van der Waals surface area contributed by atoms with Crippen LogP contribution in [0.25, 0.3) is 33.3 Å². The Morgan fingerprint density at radius 2 is 1.33 bits per heavy atom. The molecule has 4 N–H and O–H groups in total. The molecule has 0 unspecified atom stereocenters. The molecule has 0 saturated carbocycles. The number of nitrogens with two attached hydrogens (primary N) is 1. The van der Waals surface area contributed by atoms with Gasteiger partial charge in [-0.05, 0) is 26.0 Å². The molecule has 1 aromatic carbocycles. The van der Waals surface area contributed by atoms with Crippen LogP contribution in [0.3, 0.4) is 0 Å². The van der Waals surface area contributed by atoms with Crippen LogP contribution in [0.2, 0.25) is 5.15 Å². The first kappa shape index (κ1) is 33.7. The number of nitrogens with one attached hydrogen (secondary N) is 2. The van der Waals surface area contributed by atoms with Crippen molar-refractivity contribution in [3.63, 3.8) is 0 Å². The number of ether oxygens (including phenoxy) is 2. The van der Waals surface area contributed by atoms with E-state index in [1.54, 1.807) is 10.9 Å². The predicted octanol–water partition coefficient (Wildman–Crippen LogP) is 3.16. The van der Waals surface area contributed by atoms with E-state index in [9.17, 15) is 0 Å². The van der Waals surface area contributed by atoms with Gasteiger partial charge in [0, 0.05) is 89.1 Å². The van der Waals surface area contributed by atoms with Gasteiger partial charge in [0.1, 0.15) is 5.69 Å². The standard InChI is InChI=1S/C20H27N7O.C12H17ClN6O/c1-14(2)27-19-17(18(25-27)15-3-5-16(21)6-4-15)13-23-20(24-19)22-7-8-26-9-11-28-12-10-26;1-18-11-9(10(13)17-18)8-15-12(16-11)14-2-3-19-4-6-20-7-5-19/h3-6,13-14H,7-12,21H2,1-2H3,(H,22,23,24);8H,2-7H2,1H3,(H,14,15,16). The third kappa shape index (κ3) is 8.28. The van der Waals surface area contributed by atoms with Gasteiger partial charge in [0.05, 0.1) is 37.2 Å². The van der Waals surface area contributed by atoms with E-state index < -0.39 is 0 Å². The first-order valence-corrected chi connectivity index (χ1v) is 16.8. The topological polar surface area (TPSA) is 162 Å². The molecule has 256 valence electrons. The molecule has 5 aromatic rings. The molecule has 0 spiro atoms. The molecule has 7 rings (SSSR count). The molecule has 0 bridgehead atoms. The number of halogens is 1. The van der Waals surface area contributed by atoms with E-state index in [1.807, 2.05) is 42.2 Å². The Labute approximate surface area is 284 Å². The van der Waals surface area contributed by atoms with Gasteiger partial charge in [0.2, 0.25) is 11.9 Å². The number of fused-ring (bicyclic) bond motifs is 2. The Morgan fingerprint density at radius 1 is 0.792 bits per heavy atom. The van der Waals surface area contributed by atoms with E-state index in [4.69, 9.17) is 36.9 Å². The summed E-state index contributed by atoms with van der Waals surface area (Å²) in [5.41, 5.74) is 10.0. The van der Waals surface area contributed by atoms with E-state index in [0.717, 1.165) is 118 Å². The lowest BCUT2D eigenvalue weighted by atomic mass is 10.1. The lowest BCUT2D eigenvalue weighted by Crippen LogP contribution is -2.39. The highest BCUT2D eigenvalue weighted by Gasteiger charge is 2.17. The zero-order chi connectivity index (χ0) is 33.5. The summed E-state index contributed by atoms with van der Waals surface area (Å²) < 4.78 is 14.3. The van der Waals surface area contributed by atoms with Crippen molar-refractivity contribution in [3.05, 3.63) is 41.8 Å². The maximum atomic E-state index is 5.99. The second-order valence-electron chi connectivity index (χ2n) is 12.0. The van der Waals surface area contributed by atoms with E-state index in [0.29, 0.717) is 17.0 Å². The summed E-state index contributed by atoms with van der Waals surface area (Å²) in [4.78, 5) is 22.7. The third-order valence-corrected chi connectivity index (χ3v) is 8.57. The van der Waals surface area contributed by atoms with Crippen LogP contribution in [0, 0.1) is 0 Å². The summed E-state index contributed by atoms with van der Waals surface area (Å²) in [6.07, 6.45) is 3.56. The van der Waals surface area contributed by atoms with Gasteiger partial charge in [0.15, 0.2) is 16.4 Å². The van der Waals surface area contributed by atoms with Gasteiger partial charge in [-0.1, -0.05) is 23.7 Å². The highest BCUT2D eigenvalue weighted by atomic mass is 35.5. The highest BCUT2D eigenvalue weighted by Crippen LogP contribution is 2.29. The fourth-order valence-electron chi connectivity index (χ4n) is 5.61. The molecule has 2 saturated heterocycles. The molecule has 2 aliphatic heterocycles. The monoisotopic (exact) mass is 677 g/mol. The van der Waals surface area contributed by atoms with Gasteiger partial charge in [-0.15, -0.1) is 0 Å². The van der Waals surface area contributed by atoms with Crippen molar-refractivity contribution in [2.75, 3.05) is 95.2 Å². The van der Waals surface area contributed by atoms with Gasteiger partial charge in [-0.2, -0.15) is 20.2 Å². The van der Waals surface area contributed by atoms with Crippen molar-refractivity contribution in [2.24, 2.45) is 7.05 Å². The van der Waals surface area contributed by atoms with Gasteiger partial charge < -0.3 is 25.8 Å². The van der Waals surface area contributed by atoms with Gasteiger partial charge in [-0.25, -0.2) is 19.3 Å². The third-order valence-electron chi connectivity index (χ3n) is 8.29. The van der Waals surface area contributed by atoms with Crippen molar-refractivity contribution in [2.45, 2.75) is 19.9 Å². The molecule has 0 aliphatic carbocycles. The van der Waals surface area contributed by atoms with Crippen LogP contribution < -0.4 is 16.4 Å². The molecule has 15 nitrogen and oxygen atoms in total. The van der Waals surface area contributed by atoms with Crippen LogP contribution in [-0.4, -0.2) is 128 Å². The number of benzene rings is 1. The average Bonchev–Trinajstić information content (AvgIpc) is 3.62. The minimum Gasteiger partial charge on any atom is -0.399 e. The van der Waals surface area contributed by atoms with Crippen LogP contribution in [0.15, 0.2) is 36.7 Å². The minimum atomic E-state index is 0.195. The van der Waals surface area contributed by atoms with Gasteiger partial charge >= 0.3 is 0 Å². The van der Waals surface area contributed by atoms with E-state index in [1.165, 1.54) is 0 Å². The second-order valence-corrected chi connectivity index (χ2v) is 12.4. The smallest absolute Gasteiger partial charge is 0.224 e. The number of aryl methyl sites for hydroxylation is 1. The van der Waals surface area contributed by atoms with Crippen molar-refractivity contribution >= 4 is 51.3 Å². The zero-order valence-corrected chi connectivity index (χ0v) is 28.5. The number of nitrogens with zero attached hydrogens (tertiary/aromatic N) is 10. The Bertz CT molecular complexity index is 1780. The fourth-order valence-corrected chi connectivity index (χ4v) is 5.85. The van der Waals surface area contributed by atoms with E-state index in [2.05, 4.69) is 54.3 Å². The first-order valence-electron chi connectivity index (χ1n) is 16.4. The molecule has 0 atom stereocenters. The number of anilines is 3.